The average molecular weight is 703 g/mol. The predicted octanol–water partition coefficient (Wildman–Crippen LogP) is 9.78. The van der Waals surface area contributed by atoms with Crippen molar-refractivity contribution in [1.82, 2.24) is 5.32 Å². The standard InChI is InChI=1S/C39H79N2O6P/c1-6-8-10-12-14-16-18-19-20-21-23-25-27-29-31-33-39(43)40-37(36-47-48(44,45)46-35-34-41(3,4)5)38(42)32-30-28-26-24-22-17-15-13-11-9-7-2/h22,24,37-38,42H,6-21,23,25-36H2,1-5H3,(H-,40,43,44,45)/b24-22+/t37-,38+/m0/s1. The molecule has 0 bridgehead atoms. The van der Waals surface area contributed by atoms with Gasteiger partial charge in [-0.3, -0.25) is 9.36 Å². The lowest BCUT2D eigenvalue weighted by Gasteiger charge is -2.30. The highest BCUT2D eigenvalue weighted by Crippen LogP contribution is 2.38. The second-order valence-corrected chi connectivity index (χ2v) is 16.4. The highest BCUT2D eigenvalue weighted by atomic mass is 31.2. The van der Waals surface area contributed by atoms with Crippen molar-refractivity contribution >= 4 is 13.7 Å². The fourth-order valence-corrected chi connectivity index (χ4v) is 6.46. The van der Waals surface area contributed by atoms with Crippen LogP contribution >= 0.6 is 7.82 Å². The molecule has 1 amide bonds. The maximum atomic E-state index is 12.8. The van der Waals surface area contributed by atoms with E-state index in [1.807, 2.05) is 21.1 Å². The first kappa shape index (κ1) is 47.2. The largest absolute Gasteiger partial charge is 0.756 e. The van der Waals surface area contributed by atoms with Crippen LogP contribution in [-0.2, 0) is 18.4 Å². The van der Waals surface area contributed by atoms with Crippen LogP contribution in [0.3, 0.4) is 0 Å². The van der Waals surface area contributed by atoms with Crippen LogP contribution in [0.1, 0.15) is 181 Å². The van der Waals surface area contributed by atoms with Gasteiger partial charge in [0, 0.05) is 6.42 Å². The second-order valence-electron chi connectivity index (χ2n) is 15.0. The molecule has 2 N–H and O–H groups in total. The molecule has 0 saturated heterocycles. The minimum atomic E-state index is -4.56. The van der Waals surface area contributed by atoms with Gasteiger partial charge in [0.05, 0.1) is 39.9 Å². The molecule has 286 valence electrons. The number of likely N-dealkylation sites (N-methyl/N-ethyl adjacent to an activating group) is 1. The minimum absolute atomic E-state index is 0.00923. The molecule has 0 aromatic carbocycles. The monoisotopic (exact) mass is 703 g/mol. The van der Waals surface area contributed by atoms with E-state index in [1.54, 1.807) is 0 Å². The van der Waals surface area contributed by atoms with Crippen LogP contribution in [0.2, 0.25) is 0 Å². The van der Waals surface area contributed by atoms with E-state index >= 15 is 0 Å². The van der Waals surface area contributed by atoms with Gasteiger partial charge < -0.3 is 28.8 Å². The van der Waals surface area contributed by atoms with Crippen molar-refractivity contribution in [3.63, 3.8) is 0 Å². The molecule has 0 aliphatic heterocycles. The van der Waals surface area contributed by atoms with Crippen LogP contribution in [0.15, 0.2) is 12.2 Å². The van der Waals surface area contributed by atoms with E-state index in [9.17, 15) is 19.4 Å². The lowest BCUT2D eigenvalue weighted by molar-refractivity contribution is -0.870. The smallest absolute Gasteiger partial charge is 0.268 e. The number of nitrogens with zero attached hydrogens (tertiary/aromatic N) is 1. The predicted molar refractivity (Wildman–Crippen MR) is 201 cm³/mol. The number of hydrogen-bond donors (Lipinski definition) is 2. The summed E-state index contributed by atoms with van der Waals surface area (Å²) in [7, 11) is 1.29. The molecule has 0 radical (unpaired) electrons. The number of quaternary nitrogens is 1. The molecule has 0 heterocycles. The van der Waals surface area contributed by atoms with E-state index in [0.29, 0.717) is 23.9 Å². The van der Waals surface area contributed by atoms with E-state index < -0.39 is 20.0 Å². The number of carbonyl (C=O) groups is 1. The van der Waals surface area contributed by atoms with Crippen molar-refractivity contribution in [2.75, 3.05) is 40.9 Å². The first-order valence-electron chi connectivity index (χ1n) is 20.0. The molecular weight excluding hydrogens is 623 g/mol. The zero-order valence-electron chi connectivity index (χ0n) is 32.2. The molecule has 0 aliphatic rings. The van der Waals surface area contributed by atoms with Gasteiger partial charge in [-0.25, -0.2) is 0 Å². The van der Waals surface area contributed by atoms with E-state index in [-0.39, 0.29) is 19.1 Å². The summed E-state index contributed by atoms with van der Waals surface area (Å²) >= 11 is 0. The van der Waals surface area contributed by atoms with Crippen molar-refractivity contribution in [2.24, 2.45) is 0 Å². The number of aliphatic hydroxyl groups excluding tert-OH is 1. The Kier molecular flexibility index (Phi) is 31.7. The van der Waals surface area contributed by atoms with Crippen LogP contribution in [0.25, 0.3) is 0 Å². The Hall–Kier alpha value is -0.760. The van der Waals surface area contributed by atoms with Crippen molar-refractivity contribution in [2.45, 2.75) is 193 Å². The van der Waals surface area contributed by atoms with Crippen LogP contribution < -0.4 is 10.2 Å². The molecule has 8 nitrogen and oxygen atoms in total. The second kappa shape index (κ2) is 32.2. The lowest BCUT2D eigenvalue weighted by Crippen LogP contribution is -2.46. The molecule has 0 aromatic rings. The van der Waals surface area contributed by atoms with Crippen molar-refractivity contribution in [1.29, 1.82) is 0 Å². The van der Waals surface area contributed by atoms with Crippen LogP contribution in [0.4, 0.5) is 0 Å². The first-order chi connectivity index (χ1) is 23.0. The highest BCUT2D eigenvalue weighted by molar-refractivity contribution is 7.45. The molecule has 0 fully saturated rings. The van der Waals surface area contributed by atoms with Gasteiger partial charge in [0.15, 0.2) is 0 Å². The Balaban J connectivity index is 4.43. The summed E-state index contributed by atoms with van der Waals surface area (Å²) in [6, 6.07) is -0.809. The van der Waals surface area contributed by atoms with Crippen LogP contribution in [-0.4, -0.2) is 68.5 Å². The Morgan fingerprint density at radius 1 is 0.708 bits per heavy atom. The number of nitrogens with one attached hydrogen (secondary N) is 1. The van der Waals surface area contributed by atoms with E-state index in [0.717, 1.165) is 44.9 Å². The summed E-state index contributed by atoms with van der Waals surface area (Å²) in [6.07, 6.45) is 33.5. The van der Waals surface area contributed by atoms with Crippen LogP contribution in [0, 0.1) is 0 Å². The number of hydrogen-bond acceptors (Lipinski definition) is 6. The van der Waals surface area contributed by atoms with Crippen LogP contribution in [0.5, 0.6) is 0 Å². The maximum Gasteiger partial charge on any atom is 0.268 e. The molecule has 1 unspecified atom stereocenters. The zero-order chi connectivity index (χ0) is 35.8. The SMILES string of the molecule is CCCCCCC/C=C/CCCC[C@@H](O)[C@H](COP(=O)([O-])OCC[N+](C)(C)C)NC(=O)CCCCCCCCCCCCCCCCC. The van der Waals surface area contributed by atoms with Gasteiger partial charge in [0.2, 0.25) is 5.91 Å². The molecule has 0 saturated carbocycles. The third-order valence-corrected chi connectivity index (χ3v) is 9.97. The minimum Gasteiger partial charge on any atom is -0.756 e. The van der Waals surface area contributed by atoms with Crippen molar-refractivity contribution in [3.8, 4) is 0 Å². The third-order valence-electron chi connectivity index (χ3n) is 9.00. The van der Waals surface area contributed by atoms with Crippen molar-refractivity contribution < 1.29 is 32.9 Å². The van der Waals surface area contributed by atoms with Crippen molar-refractivity contribution in [3.05, 3.63) is 12.2 Å². The van der Waals surface area contributed by atoms with E-state index in [4.69, 9.17) is 9.05 Å². The number of phosphoric acid groups is 1. The quantitative estimate of drug-likeness (QED) is 0.0291. The molecule has 0 spiro atoms. The Morgan fingerprint density at radius 3 is 1.62 bits per heavy atom. The molecule has 48 heavy (non-hydrogen) atoms. The molecule has 0 aromatic heterocycles. The number of aliphatic hydroxyl groups is 1. The molecule has 3 atom stereocenters. The number of allylic oxidation sites excluding steroid dienone is 2. The van der Waals surface area contributed by atoms with E-state index in [1.165, 1.54) is 109 Å². The number of rotatable bonds is 36. The average Bonchev–Trinajstić information content (AvgIpc) is 3.02. The van der Waals surface area contributed by atoms with Gasteiger partial charge in [-0.15, -0.1) is 0 Å². The fourth-order valence-electron chi connectivity index (χ4n) is 5.74. The topological polar surface area (TPSA) is 108 Å². The van der Waals surface area contributed by atoms with Gasteiger partial charge in [-0.1, -0.05) is 148 Å². The van der Waals surface area contributed by atoms with E-state index in [2.05, 4.69) is 31.3 Å². The fraction of sp³-hybridized carbons (Fsp3) is 0.923. The van der Waals surface area contributed by atoms with Gasteiger partial charge in [-0.05, 0) is 38.5 Å². The third kappa shape index (κ3) is 33.7. The van der Waals surface area contributed by atoms with Gasteiger partial charge in [-0.2, -0.15) is 0 Å². The number of unbranched alkanes of at least 4 members (excludes halogenated alkanes) is 21. The highest BCUT2D eigenvalue weighted by Gasteiger charge is 2.24. The Bertz CT molecular complexity index is 804. The maximum absolute atomic E-state index is 12.8. The Labute approximate surface area is 297 Å². The summed E-state index contributed by atoms with van der Waals surface area (Å²) in [5.74, 6) is -0.175. The Morgan fingerprint density at radius 2 is 1.15 bits per heavy atom. The summed E-state index contributed by atoms with van der Waals surface area (Å²) in [4.78, 5) is 25.2. The normalized spacial score (nSPS) is 14.7. The lowest BCUT2D eigenvalue weighted by atomic mass is 10.0. The number of phosphoric ester groups is 1. The molecule has 0 rings (SSSR count). The molecule has 9 heteroatoms. The molecule has 0 aliphatic carbocycles. The van der Waals surface area contributed by atoms with Gasteiger partial charge in [0.25, 0.3) is 7.82 Å². The van der Waals surface area contributed by atoms with Gasteiger partial charge >= 0.3 is 0 Å². The summed E-state index contributed by atoms with van der Waals surface area (Å²) in [5, 5.41) is 13.8. The van der Waals surface area contributed by atoms with Gasteiger partial charge in [0.1, 0.15) is 13.2 Å². The first-order valence-corrected chi connectivity index (χ1v) is 21.5. The zero-order valence-corrected chi connectivity index (χ0v) is 33.1. The summed E-state index contributed by atoms with van der Waals surface area (Å²) < 4.78 is 23.1. The number of amides is 1. The number of carbonyl (C=O) groups excluding carboxylic acids is 1. The summed E-state index contributed by atoms with van der Waals surface area (Å²) in [6.45, 7) is 4.67. The molecular formula is C39H79N2O6P. The summed E-state index contributed by atoms with van der Waals surface area (Å²) in [5.41, 5.74) is 0.